The van der Waals surface area contributed by atoms with Crippen LogP contribution in [0.25, 0.3) is 0 Å². The van der Waals surface area contributed by atoms with Crippen LogP contribution >= 0.6 is 23.2 Å². The number of hydrogen-bond acceptors (Lipinski definition) is 3. The van der Waals surface area contributed by atoms with Gasteiger partial charge in [0.25, 0.3) is 0 Å². The smallest absolute Gasteiger partial charge is 0.189 e. The molecule has 1 unspecified atom stereocenters. The highest BCUT2D eigenvalue weighted by molar-refractivity contribution is 6.36. The summed E-state index contributed by atoms with van der Waals surface area (Å²) in [7, 11) is 0. The molecule has 1 aliphatic rings. The van der Waals surface area contributed by atoms with E-state index in [9.17, 15) is 0 Å². The minimum Gasteiger partial charge on any atom is -0.370 e. The molecule has 1 aliphatic heterocycles. The molecule has 1 aromatic rings. The molecular formula is C12H15Cl2N3. The average molecular weight is 272 g/mol. The van der Waals surface area contributed by atoms with Crippen LogP contribution < -0.4 is 11.1 Å². The van der Waals surface area contributed by atoms with E-state index >= 15 is 0 Å². The normalized spacial score (nSPS) is 19.4. The Balaban J connectivity index is 2.40. The number of nitrogens with one attached hydrogen (secondary N) is 1. The van der Waals surface area contributed by atoms with Crippen LogP contribution in [-0.4, -0.2) is 12.5 Å². The summed E-state index contributed by atoms with van der Waals surface area (Å²) in [6, 6.07) is 3.87. The Hall–Kier alpha value is -0.930. The van der Waals surface area contributed by atoms with Crippen molar-refractivity contribution in [2.45, 2.75) is 25.8 Å². The van der Waals surface area contributed by atoms with E-state index in [1.54, 1.807) is 0 Å². The Labute approximate surface area is 111 Å². The SMILES string of the molecule is CC(C)c1c(Cl)ccc(C2CN=C(N)N2)c1Cl. The molecule has 0 aliphatic carbocycles. The largest absolute Gasteiger partial charge is 0.370 e. The lowest BCUT2D eigenvalue weighted by Crippen LogP contribution is -2.29. The molecule has 0 amide bonds. The third-order valence-electron chi connectivity index (χ3n) is 2.88. The third kappa shape index (κ3) is 2.35. The number of benzene rings is 1. The molecule has 0 bridgehead atoms. The summed E-state index contributed by atoms with van der Waals surface area (Å²) < 4.78 is 0. The molecule has 0 radical (unpaired) electrons. The molecule has 1 atom stereocenters. The highest BCUT2D eigenvalue weighted by Crippen LogP contribution is 2.36. The molecule has 17 heavy (non-hydrogen) atoms. The van der Waals surface area contributed by atoms with Crippen molar-refractivity contribution in [1.29, 1.82) is 0 Å². The predicted molar refractivity (Wildman–Crippen MR) is 72.9 cm³/mol. The highest BCUT2D eigenvalue weighted by atomic mass is 35.5. The van der Waals surface area contributed by atoms with Crippen molar-refractivity contribution in [3.05, 3.63) is 33.3 Å². The minimum absolute atomic E-state index is 0.0530. The van der Waals surface area contributed by atoms with Crippen molar-refractivity contribution < 1.29 is 0 Å². The molecule has 92 valence electrons. The fraction of sp³-hybridized carbons (Fsp3) is 0.417. The average Bonchev–Trinajstić information content (AvgIpc) is 2.64. The maximum atomic E-state index is 6.42. The van der Waals surface area contributed by atoms with Gasteiger partial charge in [-0.3, -0.25) is 4.99 Å². The van der Waals surface area contributed by atoms with Gasteiger partial charge in [-0.2, -0.15) is 0 Å². The van der Waals surface area contributed by atoms with Crippen LogP contribution in [-0.2, 0) is 0 Å². The number of hydrogen-bond donors (Lipinski definition) is 2. The van der Waals surface area contributed by atoms with E-state index in [-0.39, 0.29) is 12.0 Å². The molecule has 3 nitrogen and oxygen atoms in total. The summed E-state index contributed by atoms with van der Waals surface area (Å²) in [4.78, 5) is 4.12. The fourth-order valence-electron chi connectivity index (χ4n) is 2.02. The molecule has 3 N–H and O–H groups in total. The zero-order valence-corrected chi connectivity index (χ0v) is 11.3. The summed E-state index contributed by atoms with van der Waals surface area (Å²) in [6.45, 7) is 4.76. The van der Waals surface area contributed by atoms with Crippen LogP contribution in [0.15, 0.2) is 17.1 Å². The number of nitrogens with zero attached hydrogens (tertiary/aromatic N) is 1. The van der Waals surface area contributed by atoms with Crippen molar-refractivity contribution in [2.75, 3.05) is 6.54 Å². The second kappa shape index (κ2) is 4.75. The summed E-state index contributed by atoms with van der Waals surface area (Å²) in [5.41, 5.74) is 7.60. The van der Waals surface area contributed by atoms with Crippen LogP contribution in [0.3, 0.4) is 0 Å². The van der Waals surface area contributed by atoms with Crippen LogP contribution in [0.2, 0.25) is 10.0 Å². The Morgan fingerprint density at radius 3 is 2.65 bits per heavy atom. The Bertz CT molecular complexity index is 469. The molecule has 1 aromatic carbocycles. The van der Waals surface area contributed by atoms with Gasteiger partial charge in [-0.15, -0.1) is 0 Å². The first-order chi connectivity index (χ1) is 8.00. The van der Waals surface area contributed by atoms with E-state index in [2.05, 4.69) is 24.2 Å². The molecule has 5 heteroatoms. The minimum atomic E-state index is 0.0530. The molecule has 2 rings (SSSR count). The maximum Gasteiger partial charge on any atom is 0.189 e. The zero-order chi connectivity index (χ0) is 12.6. The van der Waals surface area contributed by atoms with Crippen LogP contribution in [0.4, 0.5) is 0 Å². The van der Waals surface area contributed by atoms with Crippen molar-refractivity contribution in [1.82, 2.24) is 5.32 Å². The second-order valence-corrected chi connectivity index (χ2v) is 5.23. The van der Waals surface area contributed by atoms with Crippen molar-refractivity contribution >= 4 is 29.2 Å². The third-order valence-corrected chi connectivity index (χ3v) is 3.63. The maximum absolute atomic E-state index is 6.42. The van der Waals surface area contributed by atoms with E-state index in [1.807, 2.05) is 12.1 Å². The van der Waals surface area contributed by atoms with Crippen molar-refractivity contribution in [3.63, 3.8) is 0 Å². The van der Waals surface area contributed by atoms with E-state index in [1.165, 1.54) is 0 Å². The van der Waals surface area contributed by atoms with Gasteiger partial charge in [0.2, 0.25) is 0 Å². The second-order valence-electron chi connectivity index (χ2n) is 4.44. The molecule has 0 saturated heterocycles. The molecule has 0 fully saturated rings. The van der Waals surface area contributed by atoms with Gasteiger partial charge in [0.1, 0.15) is 0 Å². The molecule has 1 heterocycles. The first-order valence-corrected chi connectivity index (χ1v) is 6.30. The van der Waals surface area contributed by atoms with Gasteiger partial charge >= 0.3 is 0 Å². The van der Waals surface area contributed by atoms with E-state index in [0.29, 0.717) is 17.5 Å². The van der Waals surface area contributed by atoms with Crippen LogP contribution in [0.5, 0.6) is 0 Å². The Kier molecular flexibility index (Phi) is 3.50. The summed E-state index contributed by atoms with van der Waals surface area (Å²) in [5, 5.41) is 4.52. The lowest BCUT2D eigenvalue weighted by atomic mass is 9.97. The zero-order valence-electron chi connectivity index (χ0n) is 9.80. The monoisotopic (exact) mass is 271 g/mol. The molecule has 0 saturated carbocycles. The van der Waals surface area contributed by atoms with E-state index < -0.39 is 0 Å². The quantitative estimate of drug-likeness (QED) is 0.869. The van der Waals surface area contributed by atoms with Crippen LogP contribution in [0.1, 0.15) is 36.9 Å². The van der Waals surface area contributed by atoms with Gasteiger partial charge in [-0.25, -0.2) is 0 Å². The Morgan fingerprint density at radius 2 is 2.12 bits per heavy atom. The van der Waals surface area contributed by atoms with E-state index in [0.717, 1.165) is 16.1 Å². The summed E-state index contributed by atoms with van der Waals surface area (Å²) in [5.74, 6) is 0.752. The van der Waals surface area contributed by atoms with Gasteiger partial charge in [0.05, 0.1) is 17.6 Å². The van der Waals surface area contributed by atoms with Crippen LogP contribution in [0, 0.1) is 0 Å². The van der Waals surface area contributed by atoms with Gasteiger partial charge in [-0.05, 0) is 23.1 Å². The predicted octanol–water partition coefficient (Wildman–Crippen LogP) is 3.08. The van der Waals surface area contributed by atoms with Gasteiger partial charge in [0.15, 0.2) is 5.96 Å². The molecule has 0 spiro atoms. The van der Waals surface area contributed by atoms with Gasteiger partial charge in [0, 0.05) is 5.02 Å². The lowest BCUT2D eigenvalue weighted by Gasteiger charge is -2.18. The number of halogens is 2. The number of guanidine groups is 1. The lowest BCUT2D eigenvalue weighted by molar-refractivity contribution is 0.704. The number of aliphatic imine (C=N–C) groups is 1. The number of rotatable bonds is 2. The topological polar surface area (TPSA) is 50.4 Å². The molecular weight excluding hydrogens is 257 g/mol. The van der Waals surface area contributed by atoms with Gasteiger partial charge < -0.3 is 11.1 Å². The summed E-state index contributed by atoms with van der Waals surface area (Å²) >= 11 is 12.6. The fourth-order valence-corrected chi connectivity index (χ4v) is 2.96. The summed E-state index contributed by atoms with van der Waals surface area (Å²) in [6.07, 6.45) is 0. The molecule has 0 aromatic heterocycles. The highest BCUT2D eigenvalue weighted by Gasteiger charge is 2.23. The first-order valence-electron chi connectivity index (χ1n) is 5.55. The first kappa shape index (κ1) is 12.5. The number of nitrogens with two attached hydrogens (primary N) is 1. The van der Waals surface area contributed by atoms with Gasteiger partial charge in [-0.1, -0.05) is 43.1 Å². The van der Waals surface area contributed by atoms with E-state index in [4.69, 9.17) is 28.9 Å². The van der Waals surface area contributed by atoms with Crippen molar-refractivity contribution in [3.8, 4) is 0 Å². The standard InChI is InChI=1S/C12H15Cl2N3/c1-6(2)10-8(13)4-3-7(11(10)14)9-5-16-12(15)17-9/h3-4,6,9H,5H2,1-2H3,(H3,15,16,17). The van der Waals surface area contributed by atoms with Crippen molar-refractivity contribution in [2.24, 2.45) is 10.7 Å². The Morgan fingerprint density at radius 1 is 1.41 bits per heavy atom.